The molecule has 0 saturated heterocycles. The summed E-state index contributed by atoms with van der Waals surface area (Å²) in [6.07, 6.45) is 2.90. The minimum Gasteiger partial charge on any atom is -0.484 e. The number of amides is 2. The highest BCUT2D eigenvalue weighted by atomic mass is 35.5. The summed E-state index contributed by atoms with van der Waals surface area (Å²) in [6, 6.07) is 22.0. The van der Waals surface area contributed by atoms with E-state index in [2.05, 4.69) is 15.8 Å². The lowest BCUT2D eigenvalue weighted by Crippen LogP contribution is -2.39. The molecule has 10 nitrogen and oxygen atoms in total. The highest BCUT2D eigenvalue weighted by Gasteiger charge is 2.27. The summed E-state index contributed by atoms with van der Waals surface area (Å²) in [5, 5.41) is 7.02. The molecule has 0 spiro atoms. The number of carbonyl (C=O) groups excluding carboxylic acids is 2. The van der Waals surface area contributed by atoms with E-state index >= 15 is 0 Å². The fraction of sp³-hybridized carbons (Fsp3) is 0.107. The first-order valence-electron chi connectivity index (χ1n) is 12.1. The molecule has 4 rings (SSSR count). The second kappa shape index (κ2) is 13.8. The fourth-order valence-electron chi connectivity index (χ4n) is 3.51. The Bertz CT molecular complexity index is 1590. The molecule has 0 fully saturated rings. The van der Waals surface area contributed by atoms with Crippen LogP contribution in [-0.4, -0.2) is 39.6 Å². The van der Waals surface area contributed by atoms with Crippen molar-refractivity contribution >= 4 is 56.9 Å². The summed E-state index contributed by atoms with van der Waals surface area (Å²) in [6.45, 7) is -0.496. The molecule has 41 heavy (non-hydrogen) atoms. The van der Waals surface area contributed by atoms with Crippen LogP contribution in [0.25, 0.3) is 0 Å². The summed E-state index contributed by atoms with van der Waals surface area (Å²) in [5.41, 5.74) is 3.07. The minimum atomic E-state index is -4.14. The van der Waals surface area contributed by atoms with Gasteiger partial charge in [-0.05, 0) is 72.3 Å². The second-order valence-corrected chi connectivity index (χ2v) is 11.2. The number of rotatable bonds is 12. The molecule has 0 unspecified atom stereocenters. The number of anilines is 1. The molecule has 0 aliphatic rings. The van der Waals surface area contributed by atoms with Crippen molar-refractivity contribution in [1.29, 1.82) is 0 Å². The third-order valence-corrected chi connectivity index (χ3v) is 7.67. The first-order chi connectivity index (χ1) is 19.7. The van der Waals surface area contributed by atoms with Crippen LogP contribution >= 0.6 is 23.2 Å². The van der Waals surface area contributed by atoms with Crippen molar-refractivity contribution in [3.63, 3.8) is 0 Å². The van der Waals surface area contributed by atoms with Gasteiger partial charge in [-0.2, -0.15) is 5.10 Å². The molecule has 0 aliphatic carbocycles. The number of halogens is 2. The monoisotopic (exact) mass is 614 g/mol. The van der Waals surface area contributed by atoms with Crippen molar-refractivity contribution in [3.05, 3.63) is 113 Å². The van der Waals surface area contributed by atoms with Gasteiger partial charge in [0.1, 0.15) is 18.1 Å². The molecular formula is C28H24Cl2N4O6S. The molecule has 13 heteroatoms. The van der Waals surface area contributed by atoms with Crippen molar-refractivity contribution < 1.29 is 27.2 Å². The van der Waals surface area contributed by atoms with Gasteiger partial charge < -0.3 is 14.5 Å². The quantitative estimate of drug-likeness (QED) is 0.177. The Labute approximate surface area is 246 Å². The Balaban J connectivity index is 1.35. The maximum atomic E-state index is 13.4. The molecule has 0 saturated carbocycles. The first-order valence-corrected chi connectivity index (χ1v) is 14.3. The van der Waals surface area contributed by atoms with Gasteiger partial charge in [0.2, 0.25) is 0 Å². The van der Waals surface area contributed by atoms with Crippen LogP contribution in [0, 0.1) is 0 Å². The van der Waals surface area contributed by atoms with Crippen LogP contribution < -0.4 is 19.8 Å². The maximum Gasteiger partial charge on any atom is 0.264 e. The van der Waals surface area contributed by atoms with Gasteiger partial charge in [0.25, 0.3) is 21.8 Å². The van der Waals surface area contributed by atoms with Crippen molar-refractivity contribution in [3.8, 4) is 5.75 Å². The number of hydrogen-bond acceptors (Lipinski definition) is 7. The van der Waals surface area contributed by atoms with Crippen molar-refractivity contribution in [2.45, 2.75) is 11.4 Å². The summed E-state index contributed by atoms with van der Waals surface area (Å²) in [4.78, 5) is 24.7. The van der Waals surface area contributed by atoms with Gasteiger partial charge in [-0.25, -0.2) is 13.8 Å². The highest BCUT2D eigenvalue weighted by molar-refractivity contribution is 7.92. The van der Waals surface area contributed by atoms with E-state index in [1.807, 2.05) is 0 Å². The number of nitrogens with zero attached hydrogens (tertiary/aromatic N) is 2. The van der Waals surface area contributed by atoms with Crippen LogP contribution in [0.5, 0.6) is 5.75 Å². The molecule has 4 aromatic rings. The zero-order valence-corrected chi connectivity index (χ0v) is 23.7. The second-order valence-electron chi connectivity index (χ2n) is 8.46. The zero-order chi connectivity index (χ0) is 29.2. The van der Waals surface area contributed by atoms with Gasteiger partial charge in [0.05, 0.1) is 29.6 Å². The molecular weight excluding hydrogens is 591 g/mol. The van der Waals surface area contributed by atoms with E-state index in [9.17, 15) is 18.0 Å². The number of carbonyl (C=O) groups is 2. The minimum absolute atomic E-state index is 0.00953. The summed E-state index contributed by atoms with van der Waals surface area (Å²) < 4.78 is 38.3. The first kappa shape index (κ1) is 29.7. The number of furan rings is 1. The Morgan fingerprint density at radius 2 is 1.63 bits per heavy atom. The van der Waals surface area contributed by atoms with E-state index in [1.54, 1.807) is 54.6 Å². The average molecular weight is 615 g/mol. The van der Waals surface area contributed by atoms with Crippen molar-refractivity contribution in [2.75, 3.05) is 17.5 Å². The molecule has 1 aromatic heterocycles. The lowest BCUT2D eigenvalue weighted by molar-refractivity contribution is -0.123. The maximum absolute atomic E-state index is 13.4. The van der Waals surface area contributed by atoms with E-state index < -0.39 is 22.5 Å². The molecule has 212 valence electrons. The fourth-order valence-corrected chi connectivity index (χ4v) is 5.45. The Hall–Kier alpha value is -4.32. The van der Waals surface area contributed by atoms with E-state index in [-0.39, 0.29) is 39.7 Å². The number of nitrogens with one attached hydrogen (secondary N) is 2. The molecule has 0 radical (unpaired) electrons. The van der Waals surface area contributed by atoms with E-state index in [0.29, 0.717) is 17.1 Å². The van der Waals surface area contributed by atoms with Crippen LogP contribution in [0.2, 0.25) is 10.0 Å². The number of hydrazone groups is 1. The van der Waals surface area contributed by atoms with Crippen LogP contribution in [0.4, 0.5) is 5.69 Å². The largest absolute Gasteiger partial charge is 0.484 e. The molecule has 3 aromatic carbocycles. The van der Waals surface area contributed by atoms with Crippen molar-refractivity contribution in [2.24, 2.45) is 5.10 Å². The molecule has 2 amide bonds. The predicted molar refractivity (Wildman–Crippen MR) is 156 cm³/mol. The topological polar surface area (TPSA) is 130 Å². The SMILES string of the molecule is O=C(COc1ccc(/C=N\NC(=O)CN(c2cc(Cl)cc(Cl)c2)S(=O)(=O)c2ccccc2)cc1)NCc1ccco1. The summed E-state index contributed by atoms with van der Waals surface area (Å²) >= 11 is 12.2. The lowest BCUT2D eigenvalue weighted by Gasteiger charge is -2.24. The molecule has 2 N–H and O–H groups in total. The Kier molecular flexibility index (Phi) is 10.0. The van der Waals surface area contributed by atoms with Gasteiger partial charge >= 0.3 is 0 Å². The molecule has 1 heterocycles. The molecule has 0 bridgehead atoms. The van der Waals surface area contributed by atoms with E-state index in [0.717, 1.165) is 4.31 Å². The Morgan fingerprint density at radius 3 is 2.29 bits per heavy atom. The Morgan fingerprint density at radius 1 is 0.927 bits per heavy atom. The molecule has 0 atom stereocenters. The van der Waals surface area contributed by atoms with Crippen LogP contribution in [0.3, 0.4) is 0 Å². The van der Waals surface area contributed by atoms with Crippen molar-refractivity contribution in [1.82, 2.24) is 10.7 Å². The van der Waals surface area contributed by atoms with Gasteiger partial charge in [-0.15, -0.1) is 0 Å². The van der Waals surface area contributed by atoms with E-state index in [4.69, 9.17) is 32.4 Å². The standard InChI is InChI=1S/C28H24Cl2N4O6S/c29-21-13-22(30)15-23(14-21)34(41(37,38)26-6-2-1-3-7-26)18-27(35)33-32-16-20-8-10-24(11-9-20)40-19-28(36)31-17-25-5-4-12-39-25/h1-16H,17-19H2,(H,31,36)(H,33,35)/b32-16-. The predicted octanol–water partition coefficient (Wildman–Crippen LogP) is 4.63. The van der Waals surface area contributed by atoms with Gasteiger partial charge in [-0.3, -0.25) is 13.9 Å². The van der Waals surface area contributed by atoms with Gasteiger partial charge in [0.15, 0.2) is 6.61 Å². The van der Waals surface area contributed by atoms with Crippen LogP contribution in [-0.2, 0) is 26.2 Å². The normalized spacial score (nSPS) is 11.3. The number of benzene rings is 3. The number of sulfonamides is 1. The summed E-state index contributed by atoms with van der Waals surface area (Å²) in [7, 11) is -4.14. The van der Waals surface area contributed by atoms with Crippen LogP contribution in [0.15, 0.2) is 106 Å². The summed E-state index contributed by atoms with van der Waals surface area (Å²) in [5.74, 6) is 0.0882. The van der Waals surface area contributed by atoms with Gasteiger partial charge in [-0.1, -0.05) is 41.4 Å². The van der Waals surface area contributed by atoms with E-state index in [1.165, 1.54) is 42.8 Å². The lowest BCUT2D eigenvalue weighted by atomic mass is 10.2. The average Bonchev–Trinajstić information content (AvgIpc) is 3.48. The third kappa shape index (κ3) is 8.58. The smallest absolute Gasteiger partial charge is 0.264 e. The number of hydrogen-bond donors (Lipinski definition) is 2. The molecule has 0 aliphatic heterocycles. The highest BCUT2D eigenvalue weighted by Crippen LogP contribution is 2.29. The third-order valence-electron chi connectivity index (χ3n) is 5.45. The number of ether oxygens (including phenoxy) is 1. The zero-order valence-electron chi connectivity index (χ0n) is 21.4. The van der Waals surface area contributed by atoms with Crippen LogP contribution in [0.1, 0.15) is 11.3 Å². The van der Waals surface area contributed by atoms with Gasteiger partial charge in [0, 0.05) is 10.0 Å².